The molecule has 0 fully saturated rings. The van der Waals surface area contributed by atoms with Crippen molar-refractivity contribution in [1.82, 2.24) is 15.2 Å². The average molecular weight is 397 g/mol. The topological polar surface area (TPSA) is 135 Å². The molecule has 144 valence electrons. The number of rotatable bonds is 8. The highest BCUT2D eigenvalue weighted by Gasteiger charge is 2.10. The number of benzene rings is 1. The molecular formula is C19H15N3O5S-2. The number of aromatic nitrogens is 3. The zero-order valence-electron chi connectivity index (χ0n) is 14.8. The second kappa shape index (κ2) is 8.57. The summed E-state index contributed by atoms with van der Waals surface area (Å²) in [5, 5.41) is 29.3. The lowest BCUT2D eigenvalue weighted by molar-refractivity contribution is -0.298. The van der Waals surface area contributed by atoms with Gasteiger partial charge in [0.15, 0.2) is 0 Å². The van der Waals surface area contributed by atoms with Crippen LogP contribution in [0, 0.1) is 0 Å². The van der Waals surface area contributed by atoms with Crippen LogP contribution < -0.4 is 10.2 Å². The fraction of sp³-hybridized carbons (Fsp3) is 0.158. The van der Waals surface area contributed by atoms with Crippen molar-refractivity contribution in [3.63, 3.8) is 0 Å². The van der Waals surface area contributed by atoms with Crippen molar-refractivity contribution in [2.75, 3.05) is 0 Å². The summed E-state index contributed by atoms with van der Waals surface area (Å²) in [7, 11) is 0. The van der Waals surface area contributed by atoms with Crippen LogP contribution in [0.4, 0.5) is 0 Å². The largest absolute Gasteiger partial charge is 0.545 e. The summed E-state index contributed by atoms with van der Waals surface area (Å²) in [6, 6.07) is 9.23. The Morgan fingerprint density at radius 3 is 2.57 bits per heavy atom. The van der Waals surface area contributed by atoms with Crippen LogP contribution in [0.5, 0.6) is 0 Å². The predicted octanol–water partition coefficient (Wildman–Crippen LogP) is 1.26. The van der Waals surface area contributed by atoms with Gasteiger partial charge in [0.05, 0.1) is 11.9 Å². The van der Waals surface area contributed by atoms with Gasteiger partial charge in [-0.25, -0.2) is 4.98 Å². The van der Waals surface area contributed by atoms with E-state index in [0.717, 1.165) is 24.6 Å². The van der Waals surface area contributed by atoms with Gasteiger partial charge in [0, 0.05) is 16.9 Å². The summed E-state index contributed by atoms with van der Waals surface area (Å²) in [5.41, 5.74) is 0.700. The van der Waals surface area contributed by atoms with E-state index >= 15 is 0 Å². The van der Waals surface area contributed by atoms with Crippen LogP contribution in [0.2, 0.25) is 0 Å². The third-order valence-corrected chi connectivity index (χ3v) is 4.58. The number of hydrogen-bond acceptors (Lipinski definition) is 8. The van der Waals surface area contributed by atoms with Gasteiger partial charge in [-0.1, -0.05) is 31.2 Å². The van der Waals surface area contributed by atoms with Crippen molar-refractivity contribution in [2.24, 2.45) is 0 Å². The van der Waals surface area contributed by atoms with E-state index in [1.807, 2.05) is 6.92 Å². The number of aliphatic carboxylic acids is 1. The summed E-state index contributed by atoms with van der Waals surface area (Å²) in [6.07, 6.45) is 2.94. The van der Waals surface area contributed by atoms with Crippen LogP contribution in [0.1, 0.15) is 35.3 Å². The Morgan fingerprint density at radius 2 is 1.93 bits per heavy atom. The van der Waals surface area contributed by atoms with Crippen LogP contribution in [0.15, 0.2) is 50.9 Å². The Morgan fingerprint density at radius 1 is 1.18 bits per heavy atom. The molecule has 2 heterocycles. The van der Waals surface area contributed by atoms with Crippen molar-refractivity contribution in [1.29, 1.82) is 0 Å². The number of carbonyl (C=O) groups is 2. The van der Waals surface area contributed by atoms with Gasteiger partial charge >= 0.3 is 0 Å². The number of hydrogen-bond donors (Lipinski definition) is 1. The summed E-state index contributed by atoms with van der Waals surface area (Å²) < 4.78 is 5.64. The van der Waals surface area contributed by atoms with Gasteiger partial charge in [-0.3, -0.25) is 5.10 Å². The van der Waals surface area contributed by atoms with Crippen LogP contribution in [-0.2, 0) is 11.2 Å². The van der Waals surface area contributed by atoms with Crippen molar-refractivity contribution in [3.05, 3.63) is 58.5 Å². The average Bonchev–Trinajstić information content (AvgIpc) is 3.31. The van der Waals surface area contributed by atoms with Crippen molar-refractivity contribution >= 4 is 29.8 Å². The second-order valence-corrected chi connectivity index (χ2v) is 6.79. The standard InChI is InChI=1S/C19H17N3O5S/c1-2-3-16-20-19(22-21-16)28-15(18(25)26)10-13-8-9-14(27-13)11-4-6-12(7-5-11)17(23)24/h4-10H,2-3H2,1H3,(H,23,24)(H,25,26)(H,20,21,22)/p-2/b15-10+. The molecule has 2 aromatic heterocycles. The van der Waals surface area contributed by atoms with Gasteiger partial charge in [0.1, 0.15) is 17.3 Å². The number of carbonyl (C=O) groups excluding carboxylic acids is 2. The minimum Gasteiger partial charge on any atom is -0.545 e. The maximum Gasteiger partial charge on any atom is 0.213 e. The van der Waals surface area contributed by atoms with E-state index < -0.39 is 11.9 Å². The minimum absolute atomic E-state index is 0.0556. The number of aromatic amines is 1. The fourth-order valence-corrected chi connectivity index (χ4v) is 3.09. The monoisotopic (exact) mass is 397 g/mol. The Hall–Kier alpha value is -3.33. The molecule has 0 radical (unpaired) electrons. The number of nitrogens with zero attached hydrogens (tertiary/aromatic N) is 2. The molecule has 28 heavy (non-hydrogen) atoms. The van der Waals surface area contributed by atoms with Gasteiger partial charge in [-0.2, -0.15) is 0 Å². The van der Waals surface area contributed by atoms with Gasteiger partial charge in [-0.05, 0) is 42.0 Å². The van der Waals surface area contributed by atoms with Crippen LogP contribution in [-0.4, -0.2) is 27.1 Å². The normalized spacial score (nSPS) is 11.5. The van der Waals surface area contributed by atoms with Gasteiger partial charge < -0.3 is 24.2 Å². The van der Waals surface area contributed by atoms with E-state index in [2.05, 4.69) is 15.2 Å². The van der Waals surface area contributed by atoms with E-state index in [-0.39, 0.29) is 15.6 Å². The molecular weight excluding hydrogens is 382 g/mol. The zero-order valence-corrected chi connectivity index (χ0v) is 15.6. The van der Waals surface area contributed by atoms with Crippen LogP contribution >= 0.6 is 11.8 Å². The van der Waals surface area contributed by atoms with E-state index in [9.17, 15) is 19.8 Å². The summed E-state index contributed by atoms with van der Waals surface area (Å²) >= 11 is 0.862. The summed E-state index contributed by atoms with van der Waals surface area (Å²) in [6.45, 7) is 2.00. The number of nitrogens with one attached hydrogen (secondary N) is 1. The smallest absolute Gasteiger partial charge is 0.213 e. The lowest BCUT2D eigenvalue weighted by Gasteiger charge is -2.04. The van der Waals surface area contributed by atoms with Gasteiger partial charge in [0.25, 0.3) is 0 Å². The van der Waals surface area contributed by atoms with E-state index in [0.29, 0.717) is 22.9 Å². The number of carboxylic acid groups (broad SMARTS) is 2. The molecule has 8 nitrogen and oxygen atoms in total. The third-order valence-electron chi connectivity index (χ3n) is 3.71. The molecule has 3 aromatic rings. The molecule has 9 heteroatoms. The molecule has 0 saturated carbocycles. The number of carboxylic acids is 2. The maximum absolute atomic E-state index is 11.4. The maximum atomic E-state index is 11.4. The third kappa shape index (κ3) is 4.68. The van der Waals surface area contributed by atoms with Gasteiger partial charge in [0.2, 0.25) is 5.16 Å². The lowest BCUT2D eigenvalue weighted by atomic mass is 10.1. The molecule has 0 aliphatic heterocycles. The molecule has 0 atom stereocenters. The minimum atomic E-state index is -1.37. The Labute approximate surface area is 164 Å². The highest BCUT2D eigenvalue weighted by Crippen LogP contribution is 2.28. The first-order valence-electron chi connectivity index (χ1n) is 8.40. The molecule has 3 rings (SSSR count). The lowest BCUT2D eigenvalue weighted by Crippen LogP contribution is -2.23. The van der Waals surface area contributed by atoms with E-state index in [1.165, 1.54) is 18.2 Å². The first kappa shape index (κ1) is 19.4. The number of thioether (sulfide) groups is 1. The first-order valence-corrected chi connectivity index (χ1v) is 9.21. The SMILES string of the molecule is CCCc1nc(S/C(=C/c2ccc(-c3ccc(C(=O)[O-])cc3)o2)C(=O)[O-])n[nH]1. The highest BCUT2D eigenvalue weighted by atomic mass is 32.2. The quantitative estimate of drug-likeness (QED) is 0.443. The molecule has 1 N–H and O–H groups in total. The number of furan rings is 1. The predicted molar refractivity (Wildman–Crippen MR) is 97.7 cm³/mol. The second-order valence-electron chi connectivity index (χ2n) is 5.78. The molecule has 0 spiro atoms. The highest BCUT2D eigenvalue weighted by molar-refractivity contribution is 8.04. The zero-order chi connectivity index (χ0) is 20.1. The molecule has 0 aliphatic rings. The molecule has 0 bridgehead atoms. The number of aryl methyl sites for hydroxylation is 1. The Bertz CT molecular complexity index is 1020. The molecule has 0 aliphatic carbocycles. The van der Waals surface area contributed by atoms with Crippen molar-refractivity contribution in [2.45, 2.75) is 24.9 Å². The van der Waals surface area contributed by atoms with Crippen molar-refractivity contribution < 1.29 is 24.2 Å². The van der Waals surface area contributed by atoms with Crippen LogP contribution in [0.25, 0.3) is 17.4 Å². The summed E-state index contributed by atoms with van der Waals surface area (Å²) in [4.78, 5) is 26.4. The van der Waals surface area contributed by atoms with Gasteiger partial charge in [-0.15, -0.1) is 5.10 Å². The first-order chi connectivity index (χ1) is 13.5. The number of aromatic carboxylic acids is 1. The molecule has 0 saturated heterocycles. The Kier molecular flexibility index (Phi) is 5.95. The number of H-pyrrole nitrogens is 1. The fourth-order valence-electron chi connectivity index (χ4n) is 2.39. The Balaban J connectivity index is 1.79. The van der Waals surface area contributed by atoms with Crippen molar-refractivity contribution in [3.8, 4) is 11.3 Å². The molecule has 0 amide bonds. The molecule has 1 aromatic carbocycles. The molecule has 0 unspecified atom stereocenters. The summed E-state index contributed by atoms with van der Waals surface area (Å²) in [5.74, 6) is -1.19. The van der Waals surface area contributed by atoms with Crippen LogP contribution in [0.3, 0.4) is 0 Å². The van der Waals surface area contributed by atoms with E-state index in [4.69, 9.17) is 4.42 Å². The van der Waals surface area contributed by atoms with E-state index in [1.54, 1.807) is 24.3 Å².